The Hall–Kier alpha value is -1.53. The summed E-state index contributed by atoms with van der Waals surface area (Å²) in [7, 11) is 1.65. The molecule has 0 fully saturated rings. The average molecular weight is 283 g/mol. The highest BCUT2D eigenvalue weighted by Gasteiger charge is 2.05. The smallest absolute Gasteiger partial charge is 0.239 e. The summed E-state index contributed by atoms with van der Waals surface area (Å²) in [5.74, 6) is 1.64. The fourth-order valence-electron chi connectivity index (χ4n) is 1.41. The van der Waals surface area contributed by atoms with E-state index < -0.39 is 0 Å². The first-order valence-corrected chi connectivity index (χ1v) is 6.83. The second-order valence-corrected chi connectivity index (χ2v) is 4.83. The average Bonchev–Trinajstić information content (AvgIpc) is 2.42. The molecule has 1 rings (SSSR count). The van der Waals surface area contributed by atoms with E-state index in [-0.39, 0.29) is 0 Å². The SMILES string of the molecule is COCCOCCNc1ccc(N)c(OCC(C)C)n1. The monoisotopic (exact) mass is 283 g/mol. The third kappa shape index (κ3) is 6.58. The zero-order valence-electron chi connectivity index (χ0n) is 12.5. The second-order valence-electron chi connectivity index (χ2n) is 4.83. The summed E-state index contributed by atoms with van der Waals surface area (Å²) >= 11 is 0. The fraction of sp³-hybridized carbons (Fsp3) is 0.643. The van der Waals surface area contributed by atoms with E-state index in [1.54, 1.807) is 13.2 Å². The van der Waals surface area contributed by atoms with Gasteiger partial charge in [-0.3, -0.25) is 0 Å². The molecule has 0 aromatic carbocycles. The number of aromatic nitrogens is 1. The first-order valence-electron chi connectivity index (χ1n) is 6.83. The molecule has 3 N–H and O–H groups in total. The van der Waals surface area contributed by atoms with Gasteiger partial charge in [-0.1, -0.05) is 13.8 Å². The van der Waals surface area contributed by atoms with Crippen LogP contribution in [-0.2, 0) is 9.47 Å². The van der Waals surface area contributed by atoms with Crippen molar-refractivity contribution < 1.29 is 14.2 Å². The summed E-state index contributed by atoms with van der Waals surface area (Å²) in [6.45, 7) is 7.22. The lowest BCUT2D eigenvalue weighted by molar-refractivity contribution is 0.0759. The number of nitrogens with one attached hydrogen (secondary N) is 1. The molecule has 0 aliphatic heterocycles. The summed E-state index contributed by atoms with van der Waals surface area (Å²) < 4.78 is 15.8. The van der Waals surface area contributed by atoms with Gasteiger partial charge in [-0.05, 0) is 18.1 Å². The van der Waals surface area contributed by atoms with Gasteiger partial charge >= 0.3 is 0 Å². The summed E-state index contributed by atoms with van der Waals surface area (Å²) in [5.41, 5.74) is 6.38. The van der Waals surface area contributed by atoms with E-state index in [1.807, 2.05) is 6.07 Å². The van der Waals surface area contributed by atoms with Crippen molar-refractivity contribution in [1.29, 1.82) is 0 Å². The fourth-order valence-corrected chi connectivity index (χ4v) is 1.41. The zero-order valence-corrected chi connectivity index (χ0v) is 12.5. The molecule has 0 unspecified atom stereocenters. The molecule has 6 heteroatoms. The molecule has 1 aromatic heterocycles. The molecule has 0 saturated carbocycles. The number of nitrogen functional groups attached to an aromatic ring is 1. The van der Waals surface area contributed by atoms with Gasteiger partial charge in [-0.15, -0.1) is 0 Å². The Morgan fingerprint density at radius 3 is 2.75 bits per heavy atom. The van der Waals surface area contributed by atoms with Crippen molar-refractivity contribution in [3.05, 3.63) is 12.1 Å². The number of nitrogens with two attached hydrogens (primary N) is 1. The van der Waals surface area contributed by atoms with Crippen LogP contribution < -0.4 is 15.8 Å². The van der Waals surface area contributed by atoms with Gasteiger partial charge in [-0.2, -0.15) is 4.98 Å². The Morgan fingerprint density at radius 2 is 2.05 bits per heavy atom. The van der Waals surface area contributed by atoms with E-state index >= 15 is 0 Å². The molecule has 0 spiro atoms. The first kappa shape index (κ1) is 16.5. The minimum atomic E-state index is 0.432. The molecule has 0 radical (unpaired) electrons. The number of rotatable bonds is 10. The van der Waals surface area contributed by atoms with Crippen molar-refractivity contribution in [2.75, 3.05) is 51.1 Å². The van der Waals surface area contributed by atoms with E-state index in [4.69, 9.17) is 19.9 Å². The number of hydrogen-bond donors (Lipinski definition) is 2. The topological polar surface area (TPSA) is 78.6 Å². The lowest BCUT2D eigenvalue weighted by Crippen LogP contribution is -2.13. The molecule has 0 aliphatic carbocycles. The quantitative estimate of drug-likeness (QED) is 0.637. The van der Waals surface area contributed by atoms with E-state index in [0.29, 0.717) is 50.5 Å². The van der Waals surface area contributed by atoms with Gasteiger partial charge in [0.05, 0.1) is 32.1 Å². The van der Waals surface area contributed by atoms with E-state index in [1.165, 1.54) is 0 Å². The molecule has 0 saturated heterocycles. The Balaban J connectivity index is 2.36. The van der Waals surface area contributed by atoms with Gasteiger partial charge in [0, 0.05) is 13.7 Å². The maximum absolute atomic E-state index is 5.83. The molecule has 20 heavy (non-hydrogen) atoms. The van der Waals surface area contributed by atoms with Crippen molar-refractivity contribution >= 4 is 11.5 Å². The molecular formula is C14H25N3O3. The lowest BCUT2D eigenvalue weighted by Gasteiger charge is -2.12. The molecule has 0 bridgehead atoms. The van der Waals surface area contributed by atoms with Crippen LogP contribution in [0.1, 0.15) is 13.8 Å². The predicted molar refractivity (Wildman–Crippen MR) is 80.2 cm³/mol. The molecule has 6 nitrogen and oxygen atoms in total. The van der Waals surface area contributed by atoms with Gasteiger partial charge < -0.3 is 25.3 Å². The Kier molecular flexibility index (Phi) is 7.75. The summed E-state index contributed by atoms with van der Waals surface area (Å²) in [6, 6.07) is 3.61. The number of pyridine rings is 1. The summed E-state index contributed by atoms with van der Waals surface area (Å²) in [6.07, 6.45) is 0. The van der Waals surface area contributed by atoms with Crippen LogP contribution in [0.4, 0.5) is 11.5 Å². The minimum Gasteiger partial charge on any atom is -0.476 e. The summed E-state index contributed by atoms with van der Waals surface area (Å²) in [5, 5.41) is 3.16. The van der Waals surface area contributed by atoms with Gasteiger partial charge in [0.25, 0.3) is 0 Å². The highest BCUT2D eigenvalue weighted by molar-refractivity contribution is 5.53. The number of anilines is 2. The molecule has 114 valence electrons. The highest BCUT2D eigenvalue weighted by Crippen LogP contribution is 2.21. The van der Waals surface area contributed by atoms with Crippen LogP contribution in [0.3, 0.4) is 0 Å². The molecular weight excluding hydrogens is 258 g/mol. The third-order valence-corrected chi connectivity index (χ3v) is 2.43. The zero-order chi connectivity index (χ0) is 14.8. The minimum absolute atomic E-state index is 0.432. The highest BCUT2D eigenvalue weighted by atomic mass is 16.5. The van der Waals surface area contributed by atoms with Crippen LogP contribution in [0.5, 0.6) is 5.88 Å². The van der Waals surface area contributed by atoms with E-state index in [2.05, 4.69) is 24.1 Å². The Labute approximate surface area is 120 Å². The Bertz CT molecular complexity index is 386. The standard InChI is InChI=1S/C14H25N3O3/c1-11(2)10-20-14-12(15)4-5-13(17-14)16-6-7-19-9-8-18-3/h4-5,11H,6-10,15H2,1-3H3,(H,16,17). The van der Waals surface area contributed by atoms with Gasteiger partial charge in [0.15, 0.2) is 0 Å². The number of nitrogens with zero attached hydrogens (tertiary/aromatic N) is 1. The van der Waals surface area contributed by atoms with E-state index in [9.17, 15) is 0 Å². The lowest BCUT2D eigenvalue weighted by atomic mass is 10.2. The van der Waals surface area contributed by atoms with Crippen LogP contribution in [0.25, 0.3) is 0 Å². The number of methoxy groups -OCH3 is 1. The number of ether oxygens (including phenoxy) is 3. The predicted octanol–water partition coefficient (Wildman–Crippen LogP) is 1.77. The summed E-state index contributed by atoms with van der Waals surface area (Å²) in [4.78, 5) is 4.34. The van der Waals surface area contributed by atoms with Crippen LogP contribution >= 0.6 is 0 Å². The maximum atomic E-state index is 5.83. The van der Waals surface area contributed by atoms with Crippen LogP contribution in [0, 0.1) is 5.92 Å². The van der Waals surface area contributed by atoms with Crippen LogP contribution in [-0.4, -0.2) is 45.1 Å². The van der Waals surface area contributed by atoms with Gasteiger partial charge in [-0.25, -0.2) is 0 Å². The van der Waals surface area contributed by atoms with E-state index in [0.717, 1.165) is 5.82 Å². The van der Waals surface area contributed by atoms with Crippen molar-refractivity contribution in [3.63, 3.8) is 0 Å². The van der Waals surface area contributed by atoms with Gasteiger partial charge in [0.2, 0.25) is 5.88 Å². The Morgan fingerprint density at radius 1 is 1.25 bits per heavy atom. The largest absolute Gasteiger partial charge is 0.476 e. The van der Waals surface area contributed by atoms with Crippen molar-refractivity contribution in [2.24, 2.45) is 5.92 Å². The van der Waals surface area contributed by atoms with Crippen molar-refractivity contribution in [3.8, 4) is 5.88 Å². The maximum Gasteiger partial charge on any atom is 0.239 e. The second kappa shape index (κ2) is 9.39. The van der Waals surface area contributed by atoms with Crippen LogP contribution in [0.15, 0.2) is 12.1 Å². The first-order chi connectivity index (χ1) is 9.63. The molecule has 0 aliphatic rings. The van der Waals surface area contributed by atoms with Gasteiger partial charge in [0.1, 0.15) is 5.82 Å². The molecule has 0 atom stereocenters. The number of hydrogen-bond acceptors (Lipinski definition) is 6. The van der Waals surface area contributed by atoms with Crippen molar-refractivity contribution in [1.82, 2.24) is 4.98 Å². The third-order valence-electron chi connectivity index (χ3n) is 2.43. The molecule has 1 heterocycles. The normalized spacial score (nSPS) is 10.8. The van der Waals surface area contributed by atoms with Crippen molar-refractivity contribution in [2.45, 2.75) is 13.8 Å². The molecule has 1 aromatic rings. The molecule has 0 amide bonds. The van der Waals surface area contributed by atoms with Crippen LogP contribution in [0.2, 0.25) is 0 Å².